The normalized spacial score (nSPS) is 18.3. The van der Waals surface area contributed by atoms with Gasteiger partial charge in [0.25, 0.3) is 5.91 Å². The molecule has 0 spiro atoms. The summed E-state index contributed by atoms with van der Waals surface area (Å²) in [5, 5.41) is 12.0. The molecular weight excluding hydrogens is 573 g/mol. The molecular formula is C31H33ClFN7O3. The summed E-state index contributed by atoms with van der Waals surface area (Å²) in [7, 11) is 0. The number of hydrogen-bond donors (Lipinski definition) is 0. The van der Waals surface area contributed by atoms with Gasteiger partial charge >= 0.3 is 6.01 Å². The number of pyridine rings is 1. The molecule has 0 unspecified atom stereocenters. The van der Waals surface area contributed by atoms with E-state index in [1.165, 1.54) is 4.90 Å². The van der Waals surface area contributed by atoms with Gasteiger partial charge in [0.2, 0.25) is 0 Å². The van der Waals surface area contributed by atoms with E-state index in [4.69, 9.17) is 31.0 Å². The van der Waals surface area contributed by atoms with Crippen molar-refractivity contribution >= 4 is 39.8 Å². The second-order valence-corrected chi connectivity index (χ2v) is 11.5. The number of piperazine rings is 1. The molecule has 1 saturated heterocycles. The van der Waals surface area contributed by atoms with Crippen LogP contribution in [0.4, 0.5) is 15.9 Å². The number of halogens is 2. The Balaban J connectivity index is 1.29. The van der Waals surface area contributed by atoms with Crippen LogP contribution in [-0.4, -0.2) is 77.3 Å². The quantitative estimate of drug-likeness (QED) is 0.242. The molecule has 1 aromatic carbocycles. The lowest BCUT2D eigenvalue weighted by Crippen LogP contribution is -2.55. The molecule has 12 heteroatoms. The molecule has 43 heavy (non-hydrogen) atoms. The topological polar surface area (TPSA) is 108 Å². The van der Waals surface area contributed by atoms with Crippen molar-refractivity contribution < 1.29 is 18.7 Å². The van der Waals surface area contributed by atoms with E-state index in [9.17, 15) is 14.4 Å². The van der Waals surface area contributed by atoms with Crippen molar-refractivity contribution in [3.63, 3.8) is 0 Å². The minimum absolute atomic E-state index is 0.0652. The third-order valence-electron chi connectivity index (χ3n) is 8.08. The van der Waals surface area contributed by atoms with Crippen LogP contribution in [0.25, 0.3) is 10.8 Å². The lowest BCUT2D eigenvalue weighted by atomic mass is 10.0. The van der Waals surface area contributed by atoms with Gasteiger partial charge in [-0.2, -0.15) is 15.2 Å². The average Bonchev–Trinajstić information content (AvgIpc) is 3.84. The maximum absolute atomic E-state index is 13.8. The van der Waals surface area contributed by atoms with E-state index in [0.717, 1.165) is 52.8 Å². The first-order valence-electron chi connectivity index (χ1n) is 14.6. The van der Waals surface area contributed by atoms with Gasteiger partial charge in [-0.15, -0.1) is 0 Å². The number of hydrogen-bond acceptors (Lipinski definition) is 9. The fourth-order valence-electron chi connectivity index (χ4n) is 5.79. The molecule has 1 aliphatic carbocycles. The first kappa shape index (κ1) is 29.1. The SMILES string of the molecule is C=C(F)C(=O)N1CCN(c2nc(OCCCOC3CC3)nc3c2CCN(c2cncc4cccc(Cl)c24)C3)C[C@@H]1CC#N. The smallest absolute Gasteiger partial charge is 0.318 e. The van der Waals surface area contributed by atoms with Gasteiger partial charge in [0, 0.05) is 55.1 Å². The molecule has 10 nitrogen and oxygen atoms in total. The van der Waals surface area contributed by atoms with Crippen molar-refractivity contribution in [2.45, 2.75) is 50.8 Å². The number of carbonyl (C=O) groups excluding carboxylic acids is 1. The molecule has 0 bridgehead atoms. The molecule has 3 aromatic rings. The third kappa shape index (κ3) is 6.36. The number of rotatable bonds is 10. The highest BCUT2D eigenvalue weighted by molar-refractivity contribution is 6.36. The van der Waals surface area contributed by atoms with E-state index < -0.39 is 17.8 Å². The van der Waals surface area contributed by atoms with E-state index in [-0.39, 0.29) is 19.0 Å². The number of fused-ring (bicyclic) bond motifs is 2. The van der Waals surface area contributed by atoms with Crippen LogP contribution in [0.5, 0.6) is 6.01 Å². The Morgan fingerprint density at radius 3 is 2.81 bits per heavy atom. The lowest BCUT2D eigenvalue weighted by Gasteiger charge is -2.42. The maximum Gasteiger partial charge on any atom is 0.318 e. The van der Waals surface area contributed by atoms with Crippen molar-refractivity contribution in [2.24, 2.45) is 0 Å². The molecule has 1 atom stereocenters. The van der Waals surface area contributed by atoms with Crippen LogP contribution in [0.3, 0.4) is 0 Å². The van der Waals surface area contributed by atoms with Crippen molar-refractivity contribution in [3.05, 3.63) is 59.3 Å². The van der Waals surface area contributed by atoms with Gasteiger partial charge in [-0.3, -0.25) is 9.78 Å². The van der Waals surface area contributed by atoms with Crippen molar-refractivity contribution in [3.8, 4) is 12.1 Å². The number of amides is 1. The van der Waals surface area contributed by atoms with Gasteiger partial charge < -0.3 is 24.2 Å². The third-order valence-corrected chi connectivity index (χ3v) is 8.39. The highest BCUT2D eigenvalue weighted by Crippen LogP contribution is 2.37. The van der Waals surface area contributed by atoms with Gasteiger partial charge in [0.1, 0.15) is 5.82 Å². The number of ether oxygens (including phenoxy) is 2. The highest BCUT2D eigenvalue weighted by atomic mass is 35.5. The number of benzene rings is 1. The summed E-state index contributed by atoms with van der Waals surface area (Å²) in [5.74, 6) is -1.09. The van der Waals surface area contributed by atoms with Gasteiger partial charge in [-0.1, -0.05) is 30.3 Å². The van der Waals surface area contributed by atoms with Gasteiger partial charge in [-0.05, 0) is 25.3 Å². The summed E-state index contributed by atoms with van der Waals surface area (Å²) < 4.78 is 25.6. The number of carbonyl (C=O) groups is 1. The van der Waals surface area contributed by atoms with Crippen molar-refractivity contribution in [1.82, 2.24) is 19.9 Å². The van der Waals surface area contributed by atoms with Gasteiger partial charge in [-0.25, -0.2) is 4.39 Å². The molecule has 1 saturated carbocycles. The summed E-state index contributed by atoms with van der Waals surface area (Å²) in [4.78, 5) is 32.3. The van der Waals surface area contributed by atoms with E-state index in [0.29, 0.717) is 56.9 Å². The fraction of sp³-hybridized carbons (Fsp3) is 0.452. The summed E-state index contributed by atoms with van der Waals surface area (Å²) >= 11 is 6.64. The molecule has 3 aliphatic rings. The average molecular weight is 606 g/mol. The van der Waals surface area contributed by atoms with Crippen molar-refractivity contribution in [1.29, 1.82) is 5.26 Å². The number of nitrogens with zero attached hydrogens (tertiary/aromatic N) is 7. The maximum atomic E-state index is 13.8. The molecule has 6 rings (SSSR count). The van der Waals surface area contributed by atoms with E-state index in [1.54, 1.807) is 0 Å². The van der Waals surface area contributed by atoms with E-state index in [1.807, 2.05) is 30.6 Å². The van der Waals surface area contributed by atoms with Crippen LogP contribution in [-0.2, 0) is 22.5 Å². The molecule has 224 valence electrons. The minimum atomic E-state index is -1.03. The van der Waals surface area contributed by atoms with Crippen LogP contribution in [0.1, 0.15) is 36.9 Å². The Hall–Kier alpha value is -4.01. The Kier molecular flexibility index (Phi) is 8.58. The molecule has 0 N–H and O–H groups in total. The predicted octanol–water partition coefficient (Wildman–Crippen LogP) is 4.60. The second-order valence-electron chi connectivity index (χ2n) is 11.1. The molecule has 2 fully saturated rings. The number of aromatic nitrogens is 3. The van der Waals surface area contributed by atoms with E-state index in [2.05, 4.69) is 27.4 Å². The number of anilines is 2. The first-order chi connectivity index (χ1) is 20.9. The zero-order chi connectivity index (χ0) is 29.9. The zero-order valence-corrected chi connectivity index (χ0v) is 24.6. The Morgan fingerprint density at radius 1 is 1.16 bits per heavy atom. The first-order valence-corrected chi connectivity index (χ1v) is 15.0. The molecule has 2 aromatic heterocycles. The zero-order valence-electron chi connectivity index (χ0n) is 23.8. The molecule has 2 aliphatic heterocycles. The van der Waals surface area contributed by atoms with Crippen LogP contribution < -0.4 is 14.5 Å². The van der Waals surface area contributed by atoms with E-state index >= 15 is 0 Å². The molecule has 4 heterocycles. The summed E-state index contributed by atoms with van der Waals surface area (Å²) in [6.45, 7) is 6.39. The van der Waals surface area contributed by atoms with Gasteiger partial charge in [0.05, 0.1) is 67.0 Å². The largest absolute Gasteiger partial charge is 0.463 e. The standard InChI is InChI=1S/C31H33ClFN7O3/c1-20(33)30(41)40-13-12-39(18-22(40)8-10-34)29-24-9-11-38(27-17-35-16-21-4-2-5-25(32)28(21)27)19-26(24)36-31(37-29)43-15-3-14-42-23-6-7-23/h2,4-5,16-17,22-23H,1,3,6-9,11-15,18-19H2/t22-/m0/s1. The van der Waals surface area contributed by atoms with Crippen LogP contribution >= 0.6 is 11.6 Å². The molecule has 0 radical (unpaired) electrons. The monoisotopic (exact) mass is 605 g/mol. The summed E-state index contributed by atoms with van der Waals surface area (Å²) in [6.07, 6.45) is 7.71. The summed E-state index contributed by atoms with van der Waals surface area (Å²) in [5.41, 5.74) is 2.75. The highest BCUT2D eigenvalue weighted by Gasteiger charge is 2.35. The van der Waals surface area contributed by atoms with Gasteiger partial charge in [0.15, 0.2) is 5.83 Å². The van der Waals surface area contributed by atoms with Crippen LogP contribution in [0.15, 0.2) is 43.0 Å². The minimum Gasteiger partial charge on any atom is -0.463 e. The Labute approximate surface area is 254 Å². The second kappa shape index (κ2) is 12.7. The molecule has 1 amide bonds. The Morgan fingerprint density at radius 2 is 2.02 bits per heavy atom. The Bertz CT molecular complexity index is 1570. The fourth-order valence-corrected chi connectivity index (χ4v) is 6.07. The van der Waals surface area contributed by atoms with Crippen molar-refractivity contribution in [2.75, 3.05) is 49.2 Å². The van der Waals surface area contributed by atoms with Crippen LogP contribution in [0, 0.1) is 11.3 Å². The van der Waals surface area contributed by atoms with Crippen LogP contribution in [0.2, 0.25) is 5.02 Å². The lowest BCUT2D eigenvalue weighted by molar-refractivity contribution is -0.131. The number of nitriles is 1. The predicted molar refractivity (Wildman–Crippen MR) is 161 cm³/mol. The summed E-state index contributed by atoms with van der Waals surface area (Å²) in [6, 6.07) is 7.69.